The Bertz CT molecular complexity index is 355. The van der Waals surface area contributed by atoms with Gasteiger partial charge in [-0.25, -0.2) is 0 Å². The van der Waals surface area contributed by atoms with Gasteiger partial charge in [0.2, 0.25) is 5.91 Å². The number of carbonyl (C=O) groups is 1. The van der Waals surface area contributed by atoms with Crippen LogP contribution in [0.1, 0.15) is 5.56 Å². The number of hydrogen-bond acceptors (Lipinski definition) is 3. The van der Waals surface area contributed by atoms with Crippen LogP contribution in [-0.4, -0.2) is 19.6 Å². The molecule has 0 fully saturated rings. The lowest BCUT2D eigenvalue weighted by molar-refractivity contribution is -0.117. The normalized spacial score (nSPS) is 10.0. The molecule has 1 aromatic rings. The minimum absolute atomic E-state index is 0.119. The van der Waals surface area contributed by atoms with E-state index < -0.39 is 5.91 Å². The van der Waals surface area contributed by atoms with Gasteiger partial charge in [-0.3, -0.25) is 4.79 Å². The molecular formula is C10H13ClN2O2. The van der Waals surface area contributed by atoms with Crippen LogP contribution >= 0.6 is 11.6 Å². The summed E-state index contributed by atoms with van der Waals surface area (Å²) in [6.07, 6.45) is 0. The van der Waals surface area contributed by atoms with Crippen molar-refractivity contribution in [3.05, 3.63) is 28.8 Å². The predicted molar refractivity (Wildman–Crippen MR) is 58.9 cm³/mol. The summed E-state index contributed by atoms with van der Waals surface area (Å²) in [5.41, 5.74) is 5.82. The number of nitrogens with two attached hydrogens (primary N) is 1. The fourth-order valence-electron chi connectivity index (χ4n) is 1.21. The van der Waals surface area contributed by atoms with E-state index in [1.165, 1.54) is 0 Å². The van der Waals surface area contributed by atoms with Crippen molar-refractivity contribution in [2.75, 3.05) is 13.7 Å². The summed E-state index contributed by atoms with van der Waals surface area (Å²) >= 11 is 5.99. The highest BCUT2D eigenvalue weighted by Gasteiger charge is 2.06. The van der Waals surface area contributed by atoms with E-state index in [4.69, 9.17) is 22.1 Å². The van der Waals surface area contributed by atoms with Crippen LogP contribution in [0.4, 0.5) is 0 Å². The Morgan fingerprint density at radius 1 is 1.60 bits per heavy atom. The molecular weight excluding hydrogens is 216 g/mol. The second kappa shape index (κ2) is 5.58. The third-order valence-corrected chi connectivity index (χ3v) is 2.25. The number of hydrogen-bond donors (Lipinski definition) is 2. The van der Waals surface area contributed by atoms with Crippen molar-refractivity contribution in [2.24, 2.45) is 5.73 Å². The van der Waals surface area contributed by atoms with Gasteiger partial charge in [-0.2, -0.15) is 0 Å². The summed E-state index contributed by atoms with van der Waals surface area (Å²) in [7, 11) is 1.57. The minimum atomic E-state index is -0.402. The molecule has 0 unspecified atom stereocenters. The Hall–Kier alpha value is -1.26. The van der Waals surface area contributed by atoms with E-state index in [1.54, 1.807) is 19.2 Å². The number of ether oxygens (including phenoxy) is 1. The fourth-order valence-corrected chi connectivity index (χ4v) is 1.45. The van der Waals surface area contributed by atoms with Gasteiger partial charge in [0.25, 0.3) is 0 Å². The number of nitrogens with one attached hydrogen (secondary N) is 1. The maximum atomic E-state index is 10.5. The number of carbonyl (C=O) groups excluding carboxylic acids is 1. The van der Waals surface area contributed by atoms with Crippen molar-refractivity contribution in [3.8, 4) is 5.75 Å². The van der Waals surface area contributed by atoms with Gasteiger partial charge in [0.1, 0.15) is 5.75 Å². The smallest absolute Gasteiger partial charge is 0.231 e. The van der Waals surface area contributed by atoms with Crippen molar-refractivity contribution in [2.45, 2.75) is 6.54 Å². The predicted octanol–water partition coefficient (Wildman–Crippen LogP) is 0.923. The van der Waals surface area contributed by atoms with E-state index >= 15 is 0 Å². The van der Waals surface area contributed by atoms with Crippen molar-refractivity contribution >= 4 is 17.5 Å². The molecule has 0 atom stereocenters. The Kier molecular flexibility index (Phi) is 4.39. The summed E-state index contributed by atoms with van der Waals surface area (Å²) in [6, 6.07) is 5.39. The van der Waals surface area contributed by atoms with Gasteiger partial charge < -0.3 is 15.8 Å². The van der Waals surface area contributed by atoms with Crippen LogP contribution in [0.25, 0.3) is 0 Å². The molecule has 0 aliphatic heterocycles. The molecule has 3 N–H and O–H groups in total. The Balaban J connectivity index is 2.70. The van der Waals surface area contributed by atoms with Crippen LogP contribution in [-0.2, 0) is 11.3 Å². The van der Waals surface area contributed by atoms with Crippen molar-refractivity contribution in [1.82, 2.24) is 5.32 Å². The molecule has 0 radical (unpaired) electrons. The number of halogens is 1. The second-order valence-corrected chi connectivity index (χ2v) is 3.40. The van der Waals surface area contributed by atoms with Crippen molar-refractivity contribution < 1.29 is 9.53 Å². The molecule has 1 amide bonds. The van der Waals surface area contributed by atoms with Gasteiger partial charge in [-0.05, 0) is 12.1 Å². The zero-order chi connectivity index (χ0) is 11.3. The number of methoxy groups -OCH3 is 1. The molecule has 4 nitrogen and oxygen atoms in total. The average Bonchev–Trinajstić information content (AvgIpc) is 2.20. The minimum Gasteiger partial charge on any atom is -0.496 e. The van der Waals surface area contributed by atoms with E-state index in [0.29, 0.717) is 17.3 Å². The fraction of sp³-hybridized carbons (Fsp3) is 0.300. The molecule has 0 aliphatic carbocycles. The first kappa shape index (κ1) is 11.8. The van der Waals surface area contributed by atoms with Crippen LogP contribution in [0.15, 0.2) is 18.2 Å². The maximum absolute atomic E-state index is 10.5. The quantitative estimate of drug-likeness (QED) is 0.788. The first-order valence-electron chi connectivity index (χ1n) is 4.45. The van der Waals surface area contributed by atoms with Crippen molar-refractivity contribution in [3.63, 3.8) is 0 Å². The molecule has 15 heavy (non-hydrogen) atoms. The van der Waals surface area contributed by atoms with Crippen LogP contribution in [0.2, 0.25) is 5.02 Å². The highest BCUT2D eigenvalue weighted by Crippen LogP contribution is 2.25. The zero-order valence-electron chi connectivity index (χ0n) is 8.42. The molecule has 1 rings (SSSR count). The third kappa shape index (κ3) is 3.42. The Morgan fingerprint density at radius 3 is 2.93 bits per heavy atom. The highest BCUT2D eigenvalue weighted by atomic mass is 35.5. The van der Waals surface area contributed by atoms with E-state index in [0.717, 1.165) is 5.56 Å². The molecule has 82 valence electrons. The summed E-state index contributed by atoms with van der Waals surface area (Å²) in [4.78, 5) is 10.5. The van der Waals surface area contributed by atoms with Crippen LogP contribution in [0, 0.1) is 0 Å². The Morgan fingerprint density at radius 2 is 2.33 bits per heavy atom. The lowest BCUT2D eigenvalue weighted by Crippen LogP contribution is -2.28. The standard InChI is InChI=1S/C10H13ClN2O2/c1-15-9-4-2-3-8(11)7(9)5-13-6-10(12)14/h2-4,13H,5-6H2,1H3,(H2,12,14). The molecule has 0 spiro atoms. The molecule has 0 heterocycles. The molecule has 1 aromatic carbocycles. The van der Waals surface area contributed by atoms with Gasteiger partial charge in [0.15, 0.2) is 0 Å². The molecule has 0 saturated carbocycles. The molecule has 0 aliphatic rings. The van der Waals surface area contributed by atoms with Gasteiger partial charge in [-0.15, -0.1) is 0 Å². The lowest BCUT2D eigenvalue weighted by Gasteiger charge is -2.10. The molecule has 5 heteroatoms. The Labute approximate surface area is 93.4 Å². The van der Waals surface area contributed by atoms with Gasteiger partial charge in [0.05, 0.1) is 13.7 Å². The number of rotatable bonds is 5. The number of benzene rings is 1. The second-order valence-electron chi connectivity index (χ2n) is 2.99. The zero-order valence-corrected chi connectivity index (χ0v) is 9.17. The van der Waals surface area contributed by atoms with Gasteiger partial charge in [-0.1, -0.05) is 17.7 Å². The van der Waals surface area contributed by atoms with Crippen LogP contribution < -0.4 is 15.8 Å². The molecule has 0 bridgehead atoms. The van der Waals surface area contributed by atoms with E-state index in [1.807, 2.05) is 6.07 Å². The van der Waals surface area contributed by atoms with E-state index in [9.17, 15) is 4.79 Å². The summed E-state index contributed by atoms with van der Waals surface area (Å²) in [6.45, 7) is 0.570. The largest absolute Gasteiger partial charge is 0.496 e. The summed E-state index contributed by atoms with van der Waals surface area (Å²) in [5, 5.41) is 3.48. The monoisotopic (exact) mass is 228 g/mol. The summed E-state index contributed by atoms with van der Waals surface area (Å²) in [5.74, 6) is 0.292. The van der Waals surface area contributed by atoms with Gasteiger partial charge in [0, 0.05) is 17.1 Å². The maximum Gasteiger partial charge on any atom is 0.231 e. The van der Waals surface area contributed by atoms with Crippen LogP contribution in [0.3, 0.4) is 0 Å². The van der Waals surface area contributed by atoms with Crippen LogP contribution in [0.5, 0.6) is 5.75 Å². The molecule has 0 aromatic heterocycles. The van der Waals surface area contributed by atoms with Gasteiger partial charge >= 0.3 is 0 Å². The highest BCUT2D eigenvalue weighted by molar-refractivity contribution is 6.31. The summed E-state index contributed by atoms with van der Waals surface area (Å²) < 4.78 is 5.14. The average molecular weight is 229 g/mol. The topological polar surface area (TPSA) is 64.3 Å². The lowest BCUT2D eigenvalue weighted by atomic mass is 10.2. The van der Waals surface area contributed by atoms with Crippen molar-refractivity contribution in [1.29, 1.82) is 0 Å². The molecule has 0 saturated heterocycles. The first-order chi connectivity index (χ1) is 7.15. The first-order valence-corrected chi connectivity index (χ1v) is 4.83. The van der Waals surface area contributed by atoms with E-state index in [2.05, 4.69) is 5.32 Å². The SMILES string of the molecule is COc1cccc(Cl)c1CNCC(N)=O. The number of amides is 1. The van der Waals surface area contributed by atoms with E-state index in [-0.39, 0.29) is 6.54 Å². The third-order valence-electron chi connectivity index (χ3n) is 1.90. The number of primary amides is 1.